The van der Waals surface area contributed by atoms with E-state index >= 15 is 0 Å². The van der Waals surface area contributed by atoms with Crippen LogP contribution in [-0.4, -0.2) is 18.0 Å². The number of rotatable bonds is 6. The van der Waals surface area contributed by atoms with Crippen molar-refractivity contribution in [2.75, 3.05) is 12.4 Å². The highest BCUT2D eigenvalue weighted by Gasteiger charge is 2.23. The number of nitriles is 1. The number of aromatic nitrogens is 1. The zero-order chi connectivity index (χ0) is 19.9. The molecule has 0 aliphatic rings. The molecule has 0 spiro atoms. The van der Waals surface area contributed by atoms with E-state index < -0.39 is 5.25 Å². The largest absolute Gasteiger partial charge is 0.495 e. The number of benzene rings is 2. The van der Waals surface area contributed by atoms with Gasteiger partial charge in [-0.25, -0.2) is 4.98 Å². The molecular weight excluding hydrogens is 394 g/mol. The Morgan fingerprint density at radius 1 is 1.21 bits per heavy atom. The number of methoxy groups -OCH3 is 1. The molecular formula is C21H16ClN3O2S. The van der Waals surface area contributed by atoms with Crippen LogP contribution in [0.5, 0.6) is 5.75 Å². The molecule has 1 aromatic heterocycles. The molecule has 0 aliphatic heterocycles. The van der Waals surface area contributed by atoms with Gasteiger partial charge in [-0.3, -0.25) is 4.79 Å². The number of nitrogens with zero attached hydrogens (tertiary/aromatic N) is 2. The number of thioether (sulfide) groups is 1. The first kappa shape index (κ1) is 19.7. The number of anilines is 1. The van der Waals surface area contributed by atoms with Crippen LogP contribution < -0.4 is 10.1 Å². The predicted molar refractivity (Wildman–Crippen MR) is 111 cm³/mol. The first-order chi connectivity index (χ1) is 13.6. The summed E-state index contributed by atoms with van der Waals surface area (Å²) < 4.78 is 5.14. The van der Waals surface area contributed by atoms with Crippen molar-refractivity contribution in [1.29, 1.82) is 5.26 Å². The Morgan fingerprint density at radius 2 is 2.00 bits per heavy atom. The van der Waals surface area contributed by atoms with Gasteiger partial charge in [-0.2, -0.15) is 5.26 Å². The van der Waals surface area contributed by atoms with Crippen molar-refractivity contribution in [3.05, 3.63) is 83.0 Å². The van der Waals surface area contributed by atoms with E-state index in [4.69, 9.17) is 21.6 Å². The standard InChI is InChI=1S/C21H16ClN3O2S/c1-27-18-8-7-16(12-17(18)22)25-21(26)20(15-5-3-2-4-6-15)28-19-11-14(13-23)9-10-24-19/h2-12,20H,1H3,(H,25,26). The topological polar surface area (TPSA) is 75.0 Å². The fraction of sp³-hybridized carbons (Fsp3) is 0.0952. The normalized spacial score (nSPS) is 11.3. The summed E-state index contributed by atoms with van der Waals surface area (Å²) in [5.74, 6) is 0.313. The van der Waals surface area contributed by atoms with Crippen LogP contribution in [0.15, 0.2) is 71.9 Å². The van der Waals surface area contributed by atoms with Gasteiger partial charge >= 0.3 is 0 Å². The van der Waals surface area contributed by atoms with Crippen LogP contribution in [0.2, 0.25) is 5.02 Å². The van der Waals surface area contributed by atoms with Gasteiger partial charge in [0.2, 0.25) is 5.91 Å². The van der Waals surface area contributed by atoms with Crippen LogP contribution in [0, 0.1) is 11.3 Å². The number of hydrogen-bond donors (Lipinski definition) is 1. The van der Waals surface area contributed by atoms with E-state index in [0.29, 0.717) is 27.0 Å². The monoisotopic (exact) mass is 409 g/mol. The molecule has 0 radical (unpaired) electrons. The van der Waals surface area contributed by atoms with E-state index in [1.165, 1.54) is 18.9 Å². The van der Waals surface area contributed by atoms with Gasteiger partial charge in [-0.05, 0) is 35.9 Å². The van der Waals surface area contributed by atoms with E-state index in [1.54, 1.807) is 36.5 Å². The maximum atomic E-state index is 13.0. The summed E-state index contributed by atoms with van der Waals surface area (Å²) in [4.78, 5) is 17.3. The number of carbonyl (C=O) groups is 1. The van der Waals surface area contributed by atoms with Crippen molar-refractivity contribution in [3.63, 3.8) is 0 Å². The van der Waals surface area contributed by atoms with Crippen molar-refractivity contribution < 1.29 is 9.53 Å². The Hall–Kier alpha value is -3.01. The Labute approximate surface area is 172 Å². The first-order valence-electron chi connectivity index (χ1n) is 8.33. The van der Waals surface area contributed by atoms with Crippen LogP contribution in [0.1, 0.15) is 16.4 Å². The third-order valence-electron chi connectivity index (χ3n) is 3.86. The third-order valence-corrected chi connectivity index (χ3v) is 5.34. The van der Waals surface area contributed by atoms with Gasteiger partial charge in [0.05, 0.1) is 28.8 Å². The number of carbonyl (C=O) groups excluding carboxylic acids is 1. The van der Waals surface area contributed by atoms with Crippen LogP contribution in [0.25, 0.3) is 0 Å². The summed E-state index contributed by atoms with van der Waals surface area (Å²) in [5, 5.41) is 12.4. The minimum absolute atomic E-state index is 0.221. The minimum Gasteiger partial charge on any atom is -0.495 e. The van der Waals surface area contributed by atoms with Gasteiger partial charge < -0.3 is 10.1 Å². The molecule has 1 atom stereocenters. The Morgan fingerprint density at radius 3 is 2.68 bits per heavy atom. The molecule has 1 N–H and O–H groups in total. The van der Waals surface area contributed by atoms with Crippen molar-refractivity contribution in [2.45, 2.75) is 10.3 Å². The average Bonchev–Trinajstić information content (AvgIpc) is 2.73. The maximum absolute atomic E-state index is 13.0. The second-order valence-electron chi connectivity index (χ2n) is 5.74. The zero-order valence-corrected chi connectivity index (χ0v) is 16.5. The minimum atomic E-state index is -0.552. The number of nitrogens with one attached hydrogen (secondary N) is 1. The molecule has 28 heavy (non-hydrogen) atoms. The summed E-state index contributed by atoms with van der Waals surface area (Å²) in [5.41, 5.74) is 1.89. The molecule has 7 heteroatoms. The smallest absolute Gasteiger partial charge is 0.242 e. The van der Waals surface area contributed by atoms with Crippen LogP contribution in [0.4, 0.5) is 5.69 Å². The summed E-state index contributed by atoms with van der Waals surface area (Å²) in [6.45, 7) is 0. The Bertz CT molecular complexity index is 1020. The molecule has 1 amide bonds. The van der Waals surface area contributed by atoms with E-state index in [9.17, 15) is 4.79 Å². The highest BCUT2D eigenvalue weighted by atomic mass is 35.5. The lowest BCUT2D eigenvalue weighted by Gasteiger charge is -2.17. The molecule has 1 unspecified atom stereocenters. The second kappa shape index (κ2) is 9.27. The molecule has 0 saturated carbocycles. The molecule has 5 nitrogen and oxygen atoms in total. The molecule has 3 rings (SSSR count). The lowest BCUT2D eigenvalue weighted by Crippen LogP contribution is -2.19. The molecule has 0 saturated heterocycles. The fourth-order valence-corrected chi connectivity index (χ4v) is 3.79. The third kappa shape index (κ3) is 4.83. The second-order valence-corrected chi connectivity index (χ2v) is 7.27. The summed E-state index contributed by atoms with van der Waals surface area (Å²) in [6.07, 6.45) is 1.56. The Balaban J connectivity index is 1.87. The summed E-state index contributed by atoms with van der Waals surface area (Å²) in [7, 11) is 1.53. The van der Waals surface area contributed by atoms with Crippen LogP contribution in [-0.2, 0) is 4.79 Å². The SMILES string of the molecule is COc1ccc(NC(=O)C(Sc2cc(C#N)ccn2)c2ccccc2)cc1Cl. The van der Waals surface area contributed by atoms with E-state index in [1.807, 2.05) is 30.3 Å². The van der Waals surface area contributed by atoms with Gasteiger partial charge in [-0.15, -0.1) is 0 Å². The van der Waals surface area contributed by atoms with E-state index in [0.717, 1.165) is 5.56 Å². The van der Waals surface area contributed by atoms with Crippen molar-refractivity contribution in [1.82, 2.24) is 4.98 Å². The van der Waals surface area contributed by atoms with Gasteiger partial charge in [0.1, 0.15) is 11.0 Å². The number of amides is 1. The predicted octanol–water partition coefficient (Wildman–Crippen LogP) is 5.09. The number of pyridine rings is 1. The van der Waals surface area contributed by atoms with Gasteiger partial charge in [0, 0.05) is 11.9 Å². The molecule has 140 valence electrons. The molecule has 0 bridgehead atoms. The fourth-order valence-electron chi connectivity index (χ4n) is 2.52. The number of ether oxygens (including phenoxy) is 1. The van der Waals surface area contributed by atoms with Crippen molar-refractivity contribution in [3.8, 4) is 11.8 Å². The summed E-state index contributed by atoms with van der Waals surface area (Å²) >= 11 is 7.43. The zero-order valence-electron chi connectivity index (χ0n) is 14.9. The first-order valence-corrected chi connectivity index (χ1v) is 9.58. The van der Waals surface area contributed by atoms with E-state index in [2.05, 4.69) is 16.4 Å². The van der Waals surface area contributed by atoms with Crippen molar-refractivity contribution in [2.24, 2.45) is 0 Å². The Kier molecular flexibility index (Phi) is 6.53. The van der Waals surface area contributed by atoms with Crippen LogP contribution in [0.3, 0.4) is 0 Å². The molecule has 2 aromatic carbocycles. The highest BCUT2D eigenvalue weighted by Crippen LogP contribution is 2.36. The highest BCUT2D eigenvalue weighted by molar-refractivity contribution is 8.00. The molecule has 0 aliphatic carbocycles. The van der Waals surface area contributed by atoms with Crippen LogP contribution >= 0.6 is 23.4 Å². The summed E-state index contributed by atoms with van der Waals surface area (Å²) in [6, 6.07) is 19.8. The lowest BCUT2D eigenvalue weighted by atomic mass is 10.1. The van der Waals surface area contributed by atoms with Crippen molar-refractivity contribution >= 4 is 35.0 Å². The van der Waals surface area contributed by atoms with Gasteiger partial charge in [0.15, 0.2) is 0 Å². The van der Waals surface area contributed by atoms with Gasteiger partial charge in [-0.1, -0.05) is 53.7 Å². The van der Waals surface area contributed by atoms with E-state index in [-0.39, 0.29) is 5.91 Å². The average molecular weight is 410 g/mol. The number of halogens is 1. The lowest BCUT2D eigenvalue weighted by molar-refractivity contribution is -0.115. The molecule has 0 fully saturated rings. The molecule has 3 aromatic rings. The molecule has 1 heterocycles. The maximum Gasteiger partial charge on any atom is 0.242 e. The quantitative estimate of drug-likeness (QED) is 0.574. The number of hydrogen-bond acceptors (Lipinski definition) is 5. The van der Waals surface area contributed by atoms with Gasteiger partial charge in [0.25, 0.3) is 0 Å².